The molecule has 2 aliphatic rings. The van der Waals surface area contributed by atoms with E-state index in [4.69, 9.17) is 14.2 Å². The number of methoxy groups -OCH3 is 2. The molecule has 0 aromatic heterocycles. The molecule has 2 aromatic rings. The Hall–Kier alpha value is -2.86. The SMILES string of the molecule is COC(=O)c1cc(OCc2ccccc2)ccc1N(C(=O)[C@H]1CC[C@H](C)CC1)C1CCC(OC)CC1. The monoisotopic (exact) mass is 493 g/mol. The largest absolute Gasteiger partial charge is 0.489 e. The number of anilines is 1. The van der Waals surface area contributed by atoms with Crippen LogP contribution in [0.1, 0.15) is 74.2 Å². The second-order valence-corrected chi connectivity index (χ2v) is 10.3. The van der Waals surface area contributed by atoms with Crippen molar-refractivity contribution in [3.8, 4) is 5.75 Å². The Labute approximate surface area is 214 Å². The molecule has 6 heteroatoms. The summed E-state index contributed by atoms with van der Waals surface area (Å²) in [5.74, 6) is 0.888. The predicted molar refractivity (Wildman–Crippen MR) is 140 cm³/mol. The first-order valence-corrected chi connectivity index (χ1v) is 13.2. The summed E-state index contributed by atoms with van der Waals surface area (Å²) in [5, 5.41) is 0. The van der Waals surface area contributed by atoms with Gasteiger partial charge in [-0.25, -0.2) is 4.79 Å². The summed E-state index contributed by atoms with van der Waals surface area (Å²) >= 11 is 0. The first-order chi connectivity index (χ1) is 17.5. The van der Waals surface area contributed by atoms with Gasteiger partial charge < -0.3 is 19.1 Å². The van der Waals surface area contributed by atoms with Gasteiger partial charge in [0.25, 0.3) is 0 Å². The zero-order chi connectivity index (χ0) is 25.5. The van der Waals surface area contributed by atoms with Gasteiger partial charge in [0.2, 0.25) is 5.91 Å². The van der Waals surface area contributed by atoms with E-state index in [1.54, 1.807) is 13.2 Å². The maximum Gasteiger partial charge on any atom is 0.340 e. The maximum absolute atomic E-state index is 14.0. The minimum atomic E-state index is -0.462. The lowest BCUT2D eigenvalue weighted by atomic mass is 9.81. The van der Waals surface area contributed by atoms with Crippen LogP contribution in [-0.4, -0.2) is 38.2 Å². The Kier molecular flexibility index (Phi) is 9.03. The molecular formula is C30H39NO5. The van der Waals surface area contributed by atoms with E-state index in [1.165, 1.54) is 7.11 Å². The summed E-state index contributed by atoms with van der Waals surface area (Å²) in [6, 6.07) is 15.4. The van der Waals surface area contributed by atoms with Crippen LogP contribution in [0.3, 0.4) is 0 Å². The first-order valence-electron chi connectivity index (χ1n) is 13.2. The molecule has 0 bridgehead atoms. The van der Waals surface area contributed by atoms with Crippen LogP contribution in [0.15, 0.2) is 48.5 Å². The van der Waals surface area contributed by atoms with Crippen molar-refractivity contribution in [3.63, 3.8) is 0 Å². The molecule has 0 unspecified atom stereocenters. The van der Waals surface area contributed by atoms with Gasteiger partial charge in [-0.2, -0.15) is 0 Å². The van der Waals surface area contributed by atoms with Crippen molar-refractivity contribution in [2.75, 3.05) is 19.1 Å². The highest BCUT2D eigenvalue weighted by molar-refractivity contribution is 6.04. The third-order valence-electron chi connectivity index (χ3n) is 7.83. The van der Waals surface area contributed by atoms with E-state index in [1.807, 2.05) is 47.4 Å². The molecule has 0 radical (unpaired) electrons. The van der Waals surface area contributed by atoms with Gasteiger partial charge in [-0.05, 0) is 81.0 Å². The fraction of sp³-hybridized carbons (Fsp3) is 0.533. The number of ether oxygens (including phenoxy) is 3. The summed E-state index contributed by atoms with van der Waals surface area (Å²) < 4.78 is 16.7. The van der Waals surface area contributed by atoms with Gasteiger partial charge in [0.1, 0.15) is 12.4 Å². The van der Waals surface area contributed by atoms with Crippen LogP contribution in [0.2, 0.25) is 0 Å². The minimum Gasteiger partial charge on any atom is -0.489 e. The smallest absolute Gasteiger partial charge is 0.340 e. The van der Waals surface area contributed by atoms with E-state index in [-0.39, 0.29) is 24.0 Å². The molecule has 0 heterocycles. The number of amides is 1. The van der Waals surface area contributed by atoms with Crippen molar-refractivity contribution in [1.29, 1.82) is 0 Å². The van der Waals surface area contributed by atoms with E-state index in [0.717, 1.165) is 56.9 Å². The molecule has 36 heavy (non-hydrogen) atoms. The number of esters is 1. The molecule has 0 saturated heterocycles. The van der Waals surface area contributed by atoms with E-state index < -0.39 is 5.97 Å². The zero-order valence-corrected chi connectivity index (χ0v) is 21.8. The second-order valence-electron chi connectivity index (χ2n) is 10.3. The van der Waals surface area contributed by atoms with Crippen LogP contribution in [0.25, 0.3) is 0 Å². The van der Waals surface area contributed by atoms with Crippen LogP contribution in [0.4, 0.5) is 5.69 Å². The second kappa shape index (κ2) is 12.4. The van der Waals surface area contributed by atoms with Crippen LogP contribution in [0.5, 0.6) is 5.75 Å². The van der Waals surface area contributed by atoms with Gasteiger partial charge >= 0.3 is 5.97 Å². The fourth-order valence-corrected chi connectivity index (χ4v) is 5.57. The molecule has 0 atom stereocenters. The van der Waals surface area contributed by atoms with Crippen molar-refractivity contribution in [1.82, 2.24) is 0 Å². The van der Waals surface area contributed by atoms with E-state index in [2.05, 4.69) is 6.92 Å². The average Bonchev–Trinajstić information content (AvgIpc) is 2.93. The van der Waals surface area contributed by atoms with Crippen LogP contribution in [-0.2, 0) is 20.9 Å². The summed E-state index contributed by atoms with van der Waals surface area (Å²) in [6.45, 7) is 2.65. The molecule has 2 aliphatic carbocycles. The Morgan fingerprint density at radius 1 is 0.889 bits per heavy atom. The highest BCUT2D eigenvalue weighted by atomic mass is 16.5. The Bertz CT molecular complexity index is 1010. The van der Waals surface area contributed by atoms with E-state index in [9.17, 15) is 9.59 Å². The Morgan fingerprint density at radius 2 is 1.58 bits per heavy atom. The molecule has 2 saturated carbocycles. The number of carbonyl (C=O) groups excluding carboxylic acids is 2. The number of benzene rings is 2. The minimum absolute atomic E-state index is 0.0131. The van der Waals surface area contributed by atoms with Gasteiger partial charge in [0, 0.05) is 19.1 Å². The van der Waals surface area contributed by atoms with Crippen LogP contribution >= 0.6 is 0 Å². The standard InChI is InChI=1S/C30H39NO5/c1-21-9-11-23(12-10-21)29(32)31(24-13-15-25(34-2)16-14-24)28-18-17-26(19-27(28)30(33)35-3)36-20-22-7-5-4-6-8-22/h4-8,17-19,21,23-25H,9-16,20H2,1-3H3/t21-,23-,24?,25?. The predicted octanol–water partition coefficient (Wildman–Crippen LogP) is 6.17. The summed E-state index contributed by atoms with van der Waals surface area (Å²) in [4.78, 5) is 28.9. The third-order valence-corrected chi connectivity index (χ3v) is 7.83. The summed E-state index contributed by atoms with van der Waals surface area (Å²) in [5.41, 5.74) is 2.03. The molecule has 0 spiro atoms. The van der Waals surface area contributed by atoms with Crippen molar-refractivity contribution in [2.45, 2.75) is 77.0 Å². The highest BCUT2D eigenvalue weighted by Gasteiger charge is 2.36. The molecule has 4 rings (SSSR count). The Balaban J connectivity index is 1.64. The number of nitrogens with zero attached hydrogens (tertiary/aromatic N) is 1. The summed E-state index contributed by atoms with van der Waals surface area (Å²) in [6.07, 6.45) is 7.65. The number of rotatable bonds is 8. The van der Waals surface area contributed by atoms with Crippen LogP contribution in [0, 0.1) is 11.8 Å². The van der Waals surface area contributed by atoms with Crippen molar-refractivity contribution in [2.24, 2.45) is 11.8 Å². The number of carbonyl (C=O) groups is 2. The quantitative estimate of drug-likeness (QED) is 0.412. The molecule has 0 N–H and O–H groups in total. The molecule has 6 nitrogen and oxygen atoms in total. The van der Waals surface area contributed by atoms with Crippen molar-refractivity contribution >= 4 is 17.6 Å². The first kappa shape index (κ1) is 26.2. The van der Waals surface area contributed by atoms with Gasteiger partial charge in [-0.1, -0.05) is 37.3 Å². The molecular weight excluding hydrogens is 454 g/mol. The Morgan fingerprint density at radius 3 is 2.22 bits per heavy atom. The van der Waals surface area contributed by atoms with E-state index >= 15 is 0 Å². The number of hydrogen-bond acceptors (Lipinski definition) is 5. The number of hydrogen-bond donors (Lipinski definition) is 0. The third kappa shape index (κ3) is 6.28. The lowest BCUT2D eigenvalue weighted by molar-refractivity contribution is -0.124. The lowest BCUT2D eigenvalue weighted by Crippen LogP contribution is -2.47. The fourth-order valence-electron chi connectivity index (χ4n) is 5.57. The lowest BCUT2D eigenvalue weighted by Gasteiger charge is -2.40. The normalized spacial score (nSPS) is 24.1. The van der Waals surface area contributed by atoms with Gasteiger partial charge in [-0.3, -0.25) is 4.79 Å². The van der Waals surface area contributed by atoms with Crippen molar-refractivity contribution < 1.29 is 23.8 Å². The maximum atomic E-state index is 14.0. The molecule has 1 amide bonds. The molecule has 2 fully saturated rings. The van der Waals surface area contributed by atoms with Gasteiger partial charge in [-0.15, -0.1) is 0 Å². The molecule has 2 aromatic carbocycles. The van der Waals surface area contributed by atoms with E-state index in [0.29, 0.717) is 29.5 Å². The van der Waals surface area contributed by atoms with Gasteiger partial charge in [0.15, 0.2) is 0 Å². The van der Waals surface area contributed by atoms with Crippen LogP contribution < -0.4 is 9.64 Å². The molecule has 194 valence electrons. The summed E-state index contributed by atoms with van der Waals surface area (Å²) in [7, 11) is 3.13. The highest BCUT2D eigenvalue weighted by Crippen LogP contribution is 2.37. The zero-order valence-electron chi connectivity index (χ0n) is 21.8. The average molecular weight is 494 g/mol. The molecule has 0 aliphatic heterocycles. The van der Waals surface area contributed by atoms with Crippen molar-refractivity contribution in [3.05, 3.63) is 59.7 Å². The topological polar surface area (TPSA) is 65.1 Å². The van der Waals surface area contributed by atoms with Gasteiger partial charge in [0.05, 0.1) is 24.5 Å².